The van der Waals surface area contributed by atoms with Gasteiger partial charge in [-0.2, -0.15) is 0 Å². The Bertz CT molecular complexity index is 1170. The van der Waals surface area contributed by atoms with Crippen LogP contribution in [0, 0.1) is 0 Å². The Labute approximate surface area is 189 Å². The van der Waals surface area contributed by atoms with Crippen molar-refractivity contribution in [3.8, 4) is 11.1 Å². The number of fused-ring (bicyclic) bond motifs is 1. The van der Waals surface area contributed by atoms with E-state index >= 15 is 0 Å². The van der Waals surface area contributed by atoms with Crippen LogP contribution in [0.1, 0.15) is 4.88 Å². The molecule has 4 aromatic rings. The molecule has 1 saturated heterocycles. The van der Waals surface area contributed by atoms with Gasteiger partial charge < -0.3 is 15.5 Å². The number of aromatic nitrogens is 2. The second-order valence-corrected chi connectivity index (χ2v) is 9.66. The minimum Gasteiger partial charge on any atom is -0.345 e. The van der Waals surface area contributed by atoms with Crippen molar-refractivity contribution in [2.45, 2.75) is 12.5 Å². The number of carbonyl (C=O) groups excluding carboxylic acids is 1. The van der Waals surface area contributed by atoms with E-state index in [1.807, 2.05) is 34.7 Å². The minimum atomic E-state index is -0.474. The summed E-state index contributed by atoms with van der Waals surface area (Å²) in [6.07, 6.45) is 4.27. The number of rotatable bonds is 5. The van der Waals surface area contributed by atoms with Gasteiger partial charge in [0, 0.05) is 55.4 Å². The number of amides is 1. The fraction of sp³-hybridized carbons (Fsp3) is 0.261. The normalized spacial score (nSPS) is 15.4. The first kappa shape index (κ1) is 20.1. The predicted molar refractivity (Wildman–Crippen MR) is 128 cm³/mol. The minimum absolute atomic E-state index is 0.0402. The lowest BCUT2D eigenvalue weighted by atomic mass is 10.1. The number of thiophene rings is 1. The number of carbonyl (C=O) groups is 1. The Hall–Kier alpha value is -2.81. The highest BCUT2D eigenvalue weighted by Crippen LogP contribution is 2.32. The van der Waals surface area contributed by atoms with Gasteiger partial charge >= 0.3 is 0 Å². The van der Waals surface area contributed by atoms with Gasteiger partial charge in [0.05, 0.1) is 16.3 Å². The number of pyridine rings is 1. The zero-order chi connectivity index (χ0) is 21.2. The maximum absolute atomic E-state index is 12.7. The topological polar surface area (TPSA) is 75.4 Å². The Morgan fingerprint density at radius 3 is 2.71 bits per heavy atom. The summed E-state index contributed by atoms with van der Waals surface area (Å²) in [6, 6.07) is 13.9. The van der Waals surface area contributed by atoms with E-state index in [1.54, 1.807) is 28.9 Å². The molecule has 0 spiro atoms. The van der Waals surface area contributed by atoms with E-state index in [1.165, 1.54) is 0 Å². The Balaban J connectivity index is 1.24. The third kappa shape index (κ3) is 4.32. The molecular weight excluding hydrogens is 426 g/mol. The highest BCUT2D eigenvalue weighted by Gasteiger charge is 2.26. The van der Waals surface area contributed by atoms with Crippen molar-refractivity contribution in [2.75, 3.05) is 31.1 Å². The first-order valence-electron chi connectivity index (χ1n) is 10.3. The van der Waals surface area contributed by atoms with Crippen LogP contribution in [0.4, 0.5) is 5.13 Å². The molecule has 1 aliphatic heterocycles. The SMILES string of the molecule is N[C@@H](Cc1cccs1)C(=O)N1CCN(c2nc3ccc(-c4cccnc4)cc3s2)CC1. The van der Waals surface area contributed by atoms with Gasteiger partial charge in [0.2, 0.25) is 5.91 Å². The fourth-order valence-electron chi connectivity index (χ4n) is 3.85. The number of benzene rings is 1. The number of hydrogen-bond acceptors (Lipinski definition) is 7. The molecule has 0 radical (unpaired) electrons. The summed E-state index contributed by atoms with van der Waals surface area (Å²) in [5.41, 5.74) is 9.44. The summed E-state index contributed by atoms with van der Waals surface area (Å²) in [5.74, 6) is 0.0402. The van der Waals surface area contributed by atoms with Crippen molar-refractivity contribution in [2.24, 2.45) is 5.73 Å². The maximum Gasteiger partial charge on any atom is 0.239 e. The molecule has 3 aromatic heterocycles. The van der Waals surface area contributed by atoms with E-state index in [-0.39, 0.29) is 5.91 Å². The van der Waals surface area contributed by atoms with Crippen LogP contribution in [0.5, 0.6) is 0 Å². The summed E-state index contributed by atoms with van der Waals surface area (Å²) in [4.78, 5) is 27.1. The first-order chi connectivity index (χ1) is 15.2. The van der Waals surface area contributed by atoms with E-state index in [9.17, 15) is 4.79 Å². The van der Waals surface area contributed by atoms with E-state index in [0.29, 0.717) is 19.5 Å². The van der Waals surface area contributed by atoms with Crippen LogP contribution in [0.25, 0.3) is 21.3 Å². The Kier molecular flexibility index (Phi) is 5.67. The molecule has 1 fully saturated rings. The summed E-state index contributed by atoms with van der Waals surface area (Å²) in [7, 11) is 0. The summed E-state index contributed by atoms with van der Waals surface area (Å²) >= 11 is 3.34. The van der Waals surface area contributed by atoms with Gasteiger partial charge in [-0.15, -0.1) is 11.3 Å². The third-order valence-electron chi connectivity index (χ3n) is 5.55. The zero-order valence-electron chi connectivity index (χ0n) is 17.0. The van der Waals surface area contributed by atoms with Crippen molar-refractivity contribution >= 4 is 43.9 Å². The summed E-state index contributed by atoms with van der Waals surface area (Å²) in [6.45, 7) is 2.89. The van der Waals surface area contributed by atoms with Crippen LogP contribution in [0.3, 0.4) is 0 Å². The molecule has 1 aromatic carbocycles. The van der Waals surface area contributed by atoms with Gasteiger partial charge in [-0.3, -0.25) is 9.78 Å². The number of piperazine rings is 1. The molecule has 1 amide bonds. The largest absolute Gasteiger partial charge is 0.345 e. The van der Waals surface area contributed by atoms with Gasteiger partial charge in [-0.05, 0) is 35.2 Å². The average molecular weight is 450 g/mol. The summed E-state index contributed by atoms with van der Waals surface area (Å²) in [5, 5.41) is 3.02. The van der Waals surface area contributed by atoms with Crippen LogP contribution in [0.2, 0.25) is 0 Å². The van der Waals surface area contributed by atoms with Crippen molar-refractivity contribution < 1.29 is 4.79 Å². The molecule has 0 aliphatic carbocycles. The van der Waals surface area contributed by atoms with Gasteiger partial charge in [0.25, 0.3) is 0 Å². The van der Waals surface area contributed by atoms with Crippen molar-refractivity contribution in [1.82, 2.24) is 14.9 Å². The molecule has 1 atom stereocenters. The molecule has 0 saturated carbocycles. The molecular formula is C23H23N5OS2. The highest BCUT2D eigenvalue weighted by molar-refractivity contribution is 7.22. The predicted octanol–water partition coefficient (Wildman–Crippen LogP) is 3.64. The molecule has 2 N–H and O–H groups in total. The first-order valence-corrected chi connectivity index (χ1v) is 12.0. The molecule has 0 unspecified atom stereocenters. The maximum atomic E-state index is 12.7. The lowest BCUT2D eigenvalue weighted by molar-refractivity contribution is -0.132. The lowest BCUT2D eigenvalue weighted by Crippen LogP contribution is -2.53. The molecule has 0 bridgehead atoms. The number of nitrogens with two attached hydrogens (primary N) is 1. The van der Waals surface area contributed by atoms with Crippen molar-refractivity contribution in [1.29, 1.82) is 0 Å². The number of nitrogens with zero attached hydrogens (tertiary/aromatic N) is 4. The molecule has 8 heteroatoms. The lowest BCUT2D eigenvalue weighted by Gasteiger charge is -2.35. The Morgan fingerprint density at radius 2 is 1.97 bits per heavy atom. The quantitative estimate of drug-likeness (QED) is 0.503. The van der Waals surface area contributed by atoms with Crippen molar-refractivity contribution in [3.63, 3.8) is 0 Å². The van der Waals surface area contributed by atoms with Gasteiger partial charge in [-0.1, -0.05) is 29.5 Å². The zero-order valence-corrected chi connectivity index (χ0v) is 18.6. The number of thiazole rings is 1. The molecule has 31 heavy (non-hydrogen) atoms. The second-order valence-electron chi connectivity index (χ2n) is 7.62. The van der Waals surface area contributed by atoms with E-state index in [4.69, 9.17) is 10.7 Å². The van der Waals surface area contributed by atoms with E-state index in [0.717, 1.165) is 44.4 Å². The number of hydrogen-bond donors (Lipinski definition) is 1. The molecule has 158 valence electrons. The average Bonchev–Trinajstić information content (AvgIpc) is 3.48. The van der Waals surface area contributed by atoms with Gasteiger partial charge in [-0.25, -0.2) is 4.98 Å². The fourth-order valence-corrected chi connectivity index (χ4v) is 5.67. The van der Waals surface area contributed by atoms with Gasteiger partial charge in [0.1, 0.15) is 0 Å². The van der Waals surface area contributed by atoms with Crippen LogP contribution in [0.15, 0.2) is 60.2 Å². The monoisotopic (exact) mass is 449 g/mol. The molecule has 4 heterocycles. The van der Waals surface area contributed by atoms with Crippen molar-refractivity contribution in [3.05, 3.63) is 65.1 Å². The van der Waals surface area contributed by atoms with Crippen LogP contribution in [-0.4, -0.2) is 53.0 Å². The van der Waals surface area contributed by atoms with Crippen LogP contribution < -0.4 is 10.6 Å². The molecule has 5 rings (SSSR count). The van der Waals surface area contributed by atoms with E-state index in [2.05, 4.69) is 34.1 Å². The summed E-state index contributed by atoms with van der Waals surface area (Å²) < 4.78 is 1.16. The smallest absolute Gasteiger partial charge is 0.239 e. The molecule has 1 aliphatic rings. The number of anilines is 1. The van der Waals surface area contributed by atoms with E-state index < -0.39 is 6.04 Å². The van der Waals surface area contributed by atoms with Gasteiger partial charge in [0.15, 0.2) is 5.13 Å². The van der Waals surface area contributed by atoms with Crippen LogP contribution >= 0.6 is 22.7 Å². The highest BCUT2D eigenvalue weighted by atomic mass is 32.1. The Morgan fingerprint density at radius 1 is 1.10 bits per heavy atom. The standard InChI is InChI=1S/C23H23N5OS2/c24-19(14-18-4-2-12-30-18)22(29)27-8-10-28(11-9-27)23-26-20-6-5-16(13-21(20)31-23)17-3-1-7-25-15-17/h1-7,12-13,15,19H,8-11,14,24H2/t19-/m0/s1. The molecule has 6 nitrogen and oxygen atoms in total. The second kappa shape index (κ2) is 8.74. The third-order valence-corrected chi connectivity index (χ3v) is 7.53. The van der Waals surface area contributed by atoms with Crippen LogP contribution in [-0.2, 0) is 11.2 Å².